The van der Waals surface area contributed by atoms with Crippen LogP contribution < -0.4 is 20.1 Å². The fraction of sp³-hybridized carbons (Fsp3) is 0.346. The largest absolute Gasteiger partial charge is 0.497 e. The van der Waals surface area contributed by atoms with E-state index in [4.69, 9.17) is 14.7 Å². The van der Waals surface area contributed by atoms with Crippen LogP contribution in [0.15, 0.2) is 59.8 Å². The van der Waals surface area contributed by atoms with Gasteiger partial charge in [0.05, 0.1) is 30.1 Å². The zero-order valence-electron chi connectivity index (χ0n) is 21.3. The molecule has 12 heteroatoms. The number of hydrogen-bond acceptors (Lipinski definition) is 9. The molecule has 2 aromatic carbocycles. The van der Waals surface area contributed by atoms with Crippen molar-refractivity contribution in [3.8, 4) is 5.75 Å². The van der Waals surface area contributed by atoms with Crippen LogP contribution in [0.3, 0.4) is 0 Å². The van der Waals surface area contributed by atoms with Gasteiger partial charge >= 0.3 is 0 Å². The molecule has 200 valence electrons. The number of ether oxygens (including phenoxy) is 1. The van der Waals surface area contributed by atoms with Gasteiger partial charge in [0.1, 0.15) is 5.75 Å². The van der Waals surface area contributed by atoms with Crippen molar-refractivity contribution in [2.75, 3.05) is 22.5 Å². The Balaban J connectivity index is 1.40. The molecule has 1 aliphatic carbocycles. The number of aliphatic hydroxyl groups excluding tert-OH is 1. The zero-order chi connectivity index (χ0) is 26.7. The van der Waals surface area contributed by atoms with E-state index in [1.807, 2.05) is 17.6 Å². The third-order valence-corrected chi connectivity index (χ3v) is 7.98. The number of anilines is 4. The summed E-state index contributed by atoms with van der Waals surface area (Å²) < 4.78 is 35.5. The average molecular weight is 538 g/mol. The molecule has 0 spiro atoms. The van der Waals surface area contributed by atoms with E-state index in [0.717, 1.165) is 25.7 Å². The van der Waals surface area contributed by atoms with E-state index < -0.39 is 10.0 Å². The molecule has 0 bridgehead atoms. The van der Waals surface area contributed by atoms with Crippen LogP contribution in [0.25, 0.3) is 11.2 Å². The van der Waals surface area contributed by atoms with Crippen molar-refractivity contribution in [2.45, 2.75) is 56.2 Å². The van der Waals surface area contributed by atoms with Gasteiger partial charge in [0.15, 0.2) is 17.0 Å². The molecular formula is C26H31N7O4S. The summed E-state index contributed by atoms with van der Waals surface area (Å²) in [5, 5.41) is 16.5. The van der Waals surface area contributed by atoms with Gasteiger partial charge in [-0.25, -0.2) is 13.4 Å². The number of aryl methyl sites for hydroxylation is 1. The number of nitrogens with zero attached hydrogens (tertiary/aromatic N) is 4. The monoisotopic (exact) mass is 537 g/mol. The first-order valence-electron chi connectivity index (χ1n) is 12.6. The van der Waals surface area contributed by atoms with Gasteiger partial charge in [0, 0.05) is 18.3 Å². The molecule has 4 aromatic rings. The van der Waals surface area contributed by atoms with Crippen molar-refractivity contribution in [1.29, 1.82) is 0 Å². The Kier molecular flexibility index (Phi) is 7.34. The van der Waals surface area contributed by atoms with E-state index in [1.54, 1.807) is 36.7 Å². The minimum absolute atomic E-state index is 0.130. The summed E-state index contributed by atoms with van der Waals surface area (Å²) in [6.07, 6.45) is 4.66. The lowest BCUT2D eigenvalue weighted by atomic mass is 9.93. The maximum absolute atomic E-state index is 12.9. The van der Waals surface area contributed by atoms with Crippen molar-refractivity contribution in [3.05, 3.63) is 54.9 Å². The fourth-order valence-electron chi connectivity index (χ4n) is 4.50. The minimum Gasteiger partial charge on any atom is -0.497 e. The molecule has 0 radical (unpaired) electrons. The molecule has 2 aromatic heterocycles. The normalized spacial score (nSPS) is 17.8. The molecular weight excluding hydrogens is 506 g/mol. The molecule has 4 N–H and O–H groups in total. The predicted molar refractivity (Wildman–Crippen MR) is 146 cm³/mol. The summed E-state index contributed by atoms with van der Waals surface area (Å²) in [4.78, 5) is 14.1. The van der Waals surface area contributed by atoms with Gasteiger partial charge in [-0.2, -0.15) is 9.97 Å². The Morgan fingerprint density at radius 2 is 1.79 bits per heavy atom. The first kappa shape index (κ1) is 25.7. The Bertz CT molecular complexity index is 1510. The SMILES string of the molecule is CCn1cnc2c(Nc3cccc(NS(=O)(=O)c4ccc(OC)cc4)c3)nc(NC3CCC(O)CC3)nc21. The van der Waals surface area contributed by atoms with Gasteiger partial charge in [-0.05, 0) is 75.1 Å². The lowest BCUT2D eigenvalue weighted by molar-refractivity contribution is 0.126. The van der Waals surface area contributed by atoms with Crippen LogP contribution >= 0.6 is 0 Å². The molecule has 0 atom stereocenters. The number of benzene rings is 2. The smallest absolute Gasteiger partial charge is 0.261 e. The van der Waals surface area contributed by atoms with Crippen molar-refractivity contribution < 1.29 is 18.3 Å². The van der Waals surface area contributed by atoms with Crippen LogP contribution in [0, 0.1) is 0 Å². The van der Waals surface area contributed by atoms with E-state index in [2.05, 4.69) is 20.3 Å². The number of aliphatic hydroxyl groups is 1. The highest BCUT2D eigenvalue weighted by molar-refractivity contribution is 7.92. The molecule has 2 heterocycles. The second-order valence-corrected chi connectivity index (χ2v) is 10.9. The third-order valence-electron chi connectivity index (χ3n) is 6.58. The van der Waals surface area contributed by atoms with E-state index >= 15 is 0 Å². The third kappa shape index (κ3) is 5.65. The van der Waals surface area contributed by atoms with Crippen LogP contribution in [-0.4, -0.2) is 52.3 Å². The molecule has 0 unspecified atom stereocenters. The number of fused-ring (bicyclic) bond motifs is 1. The van der Waals surface area contributed by atoms with Crippen LogP contribution in [-0.2, 0) is 16.6 Å². The van der Waals surface area contributed by atoms with Gasteiger partial charge in [-0.15, -0.1) is 0 Å². The first-order valence-corrected chi connectivity index (χ1v) is 14.0. The van der Waals surface area contributed by atoms with Crippen molar-refractivity contribution in [2.24, 2.45) is 0 Å². The maximum atomic E-state index is 12.9. The predicted octanol–water partition coefficient (Wildman–Crippen LogP) is 4.11. The fourth-order valence-corrected chi connectivity index (χ4v) is 5.55. The molecule has 1 saturated carbocycles. The molecule has 0 amide bonds. The summed E-state index contributed by atoms with van der Waals surface area (Å²) in [5.74, 6) is 1.57. The number of hydrogen-bond donors (Lipinski definition) is 4. The molecule has 38 heavy (non-hydrogen) atoms. The molecule has 0 saturated heterocycles. The highest BCUT2D eigenvalue weighted by Gasteiger charge is 2.21. The number of methoxy groups -OCH3 is 1. The molecule has 11 nitrogen and oxygen atoms in total. The van der Waals surface area contributed by atoms with Gasteiger partial charge in [0.2, 0.25) is 5.95 Å². The quantitative estimate of drug-likeness (QED) is 0.248. The number of imidazole rings is 1. The van der Waals surface area contributed by atoms with E-state index in [9.17, 15) is 13.5 Å². The maximum Gasteiger partial charge on any atom is 0.261 e. The highest BCUT2D eigenvalue weighted by atomic mass is 32.2. The van der Waals surface area contributed by atoms with Crippen molar-refractivity contribution in [1.82, 2.24) is 19.5 Å². The number of rotatable bonds is 9. The van der Waals surface area contributed by atoms with Crippen LogP contribution in [0.1, 0.15) is 32.6 Å². The van der Waals surface area contributed by atoms with Gasteiger partial charge < -0.3 is 25.0 Å². The molecule has 1 fully saturated rings. The summed E-state index contributed by atoms with van der Waals surface area (Å²) >= 11 is 0. The number of aromatic nitrogens is 4. The lowest BCUT2D eigenvalue weighted by Gasteiger charge is -2.26. The van der Waals surface area contributed by atoms with E-state index in [1.165, 1.54) is 19.2 Å². The van der Waals surface area contributed by atoms with E-state index in [-0.39, 0.29) is 17.0 Å². The summed E-state index contributed by atoms with van der Waals surface area (Å²) in [7, 11) is -2.27. The molecule has 0 aliphatic heterocycles. The van der Waals surface area contributed by atoms with Gasteiger partial charge in [0.25, 0.3) is 10.0 Å². The lowest BCUT2D eigenvalue weighted by Crippen LogP contribution is -2.29. The average Bonchev–Trinajstić information content (AvgIpc) is 3.33. The van der Waals surface area contributed by atoms with Crippen molar-refractivity contribution >= 4 is 44.3 Å². The standard InChI is InChI=1S/C26H31N7O4S/c1-3-33-16-27-23-24(30-26(31-25(23)33)29-17-7-9-20(34)10-8-17)28-18-5-4-6-19(15-18)32-38(35,36)22-13-11-21(37-2)12-14-22/h4-6,11-17,20,32,34H,3,7-10H2,1-2H3,(H2,28,29,30,31). The highest BCUT2D eigenvalue weighted by Crippen LogP contribution is 2.28. The summed E-state index contributed by atoms with van der Waals surface area (Å²) in [5.41, 5.74) is 2.34. The second-order valence-electron chi connectivity index (χ2n) is 9.24. The molecule has 1 aliphatic rings. The Hall–Kier alpha value is -3.90. The topological polar surface area (TPSA) is 143 Å². The van der Waals surface area contributed by atoms with E-state index in [0.29, 0.717) is 46.6 Å². The summed E-state index contributed by atoms with van der Waals surface area (Å²) in [6.45, 7) is 2.72. The van der Waals surface area contributed by atoms with Crippen molar-refractivity contribution in [3.63, 3.8) is 0 Å². The first-order chi connectivity index (χ1) is 18.3. The van der Waals surface area contributed by atoms with Crippen LogP contribution in [0.4, 0.5) is 23.1 Å². The number of nitrogens with one attached hydrogen (secondary N) is 3. The Morgan fingerprint density at radius 3 is 2.50 bits per heavy atom. The Morgan fingerprint density at radius 1 is 1.05 bits per heavy atom. The van der Waals surface area contributed by atoms with Gasteiger partial charge in [-0.3, -0.25) is 4.72 Å². The number of sulfonamides is 1. The van der Waals surface area contributed by atoms with Gasteiger partial charge in [-0.1, -0.05) is 6.07 Å². The second kappa shape index (κ2) is 10.8. The Labute approximate surface area is 221 Å². The van der Waals surface area contributed by atoms with Crippen LogP contribution in [0.2, 0.25) is 0 Å². The minimum atomic E-state index is -3.79. The molecule has 5 rings (SSSR count). The summed E-state index contributed by atoms with van der Waals surface area (Å²) in [6, 6.07) is 13.3. The van der Waals surface area contributed by atoms with Crippen LogP contribution in [0.5, 0.6) is 5.75 Å². The zero-order valence-corrected chi connectivity index (χ0v) is 22.1.